The minimum absolute atomic E-state index is 0.377. The van der Waals surface area contributed by atoms with Gasteiger partial charge in [0.2, 0.25) is 0 Å². The number of nitrogens with one attached hydrogen (secondary N) is 2. The van der Waals surface area contributed by atoms with Crippen molar-refractivity contribution in [3.63, 3.8) is 0 Å². The van der Waals surface area contributed by atoms with Gasteiger partial charge in [0, 0.05) is 12.4 Å². The zero-order valence-electron chi connectivity index (χ0n) is 5.09. The van der Waals surface area contributed by atoms with Crippen molar-refractivity contribution in [2.24, 2.45) is 0 Å². The van der Waals surface area contributed by atoms with E-state index in [0.29, 0.717) is 10.9 Å². The van der Waals surface area contributed by atoms with Gasteiger partial charge in [-0.15, -0.1) is 0 Å². The van der Waals surface area contributed by atoms with Crippen molar-refractivity contribution < 1.29 is 4.52 Å². The summed E-state index contributed by atoms with van der Waals surface area (Å²) >= 11 is 0. The SMILES string of the molecule is N=c1cnoc2c[nH]cc12. The van der Waals surface area contributed by atoms with Crippen molar-refractivity contribution in [1.82, 2.24) is 10.1 Å². The Morgan fingerprint density at radius 1 is 1.50 bits per heavy atom. The molecule has 2 heterocycles. The van der Waals surface area contributed by atoms with Gasteiger partial charge in [-0.1, -0.05) is 5.16 Å². The molecular formula is C6H5N3O. The molecule has 4 nitrogen and oxygen atoms in total. The van der Waals surface area contributed by atoms with E-state index in [-0.39, 0.29) is 0 Å². The van der Waals surface area contributed by atoms with E-state index in [0.717, 1.165) is 5.39 Å². The molecule has 0 amide bonds. The highest BCUT2D eigenvalue weighted by molar-refractivity contribution is 5.74. The molecule has 0 saturated carbocycles. The zero-order chi connectivity index (χ0) is 6.97. The lowest BCUT2D eigenvalue weighted by Gasteiger charge is -1.82. The Morgan fingerprint density at radius 3 is 3.20 bits per heavy atom. The second-order valence-electron chi connectivity index (χ2n) is 1.97. The Bertz CT molecular complexity index is 400. The molecule has 0 bridgehead atoms. The first-order chi connectivity index (χ1) is 4.88. The summed E-state index contributed by atoms with van der Waals surface area (Å²) in [7, 11) is 0. The highest BCUT2D eigenvalue weighted by Crippen LogP contribution is 2.03. The van der Waals surface area contributed by atoms with E-state index >= 15 is 0 Å². The number of hydrogen-bond donors (Lipinski definition) is 2. The molecule has 2 rings (SSSR count). The third-order valence-corrected chi connectivity index (χ3v) is 1.33. The van der Waals surface area contributed by atoms with Crippen LogP contribution in [0.5, 0.6) is 0 Å². The topological polar surface area (TPSA) is 65.7 Å². The normalized spacial score (nSPS) is 10.4. The average Bonchev–Trinajstić information content (AvgIpc) is 2.36. The van der Waals surface area contributed by atoms with Crippen molar-refractivity contribution in [3.05, 3.63) is 23.9 Å². The van der Waals surface area contributed by atoms with Crippen LogP contribution < -0.4 is 5.36 Å². The maximum atomic E-state index is 7.34. The Balaban J connectivity index is 3.09. The van der Waals surface area contributed by atoms with Crippen LogP contribution in [0.4, 0.5) is 0 Å². The summed E-state index contributed by atoms with van der Waals surface area (Å²) < 4.78 is 4.83. The number of nitrogens with zero attached hydrogens (tertiary/aromatic N) is 1. The lowest BCUT2D eigenvalue weighted by molar-refractivity contribution is 0.440. The van der Waals surface area contributed by atoms with Crippen LogP contribution in [0, 0.1) is 5.41 Å². The molecule has 2 aromatic heterocycles. The van der Waals surface area contributed by atoms with Crippen molar-refractivity contribution in [3.8, 4) is 0 Å². The number of aromatic nitrogens is 2. The summed E-state index contributed by atoms with van der Waals surface area (Å²) in [5, 5.41) is 12.0. The smallest absolute Gasteiger partial charge is 0.184 e. The average molecular weight is 135 g/mol. The van der Waals surface area contributed by atoms with Gasteiger partial charge in [0.05, 0.1) is 16.9 Å². The van der Waals surface area contributed by atoms with E-state index < -0.39 is 0 Å². The molecule has 4 heteroatoms. The largest absolute Gasteiger partial charge is 0.364 e. The monoisotopic (exact) mass is 135 g/mol. The predicted molar refractivity (Wildman–Crippen MR) is 34.2 cm³/mol. The fourth-order valence-corrected chi connectivity index (χ4v) is 0.841. The maximum absolute atomic E-state index is 7.34. The Labute approximate surface area is 56.0 Å². The van der Waals surface area contributed by atoms with Crippen LogP contribution in [-0.4, -0.2) is 10.1 Å². The first-order valence-electron chi connectivity index (χ1n) is 2.84. The van der Waals surface area contributed by atoms with Gasteiger partial charge in [-0.2, -0.15) is 0 Å². The molecule has 0 aliphatic carbocycles. The standard InChI is InChI=1S/C6H5N3O/c7-5-2-9-10-6-3-8-1-4(5)6/h1-3,7-8H. The summed E-state index contributed by atoms with van der Waals surface area (Å²) in [4.78, 5) is 2.82. The summed E-state index contributed by atoms with van der Waals surface area (Å²) in [5.74, 6) is 0. The second kappa shape index (κ2) is 1.70. The summed E-state index contributed by atoms with van der Waals surface area (Å²) in [6, 6.07) is 0. The van der Waals surface area contributed by atoms with Crippen LogP contribution in [0.3, 0.4) is 0 Å². The molecule has 2 N–H and O–H groups in total. The van der Waals surface area contributed by atoms with Gasteiger partial charge < -0.3 is 9.51 Å². The van der Waals surface area contributed by atoms with Crippen LogP contribution in [0.15, 0.2) is 23.1 Å². The lowest BCUT2D eigenvalue weighted by Crippen LogP contribution is -1.97. The molecule has 0 unspecified atom stereocenters. The van der Waals surface area contributed by atoms with E-state index in [2.05, 4.69) is 10.1 Å². The molecule has 0 aliphatic rings. The number of hydrogen-bond acceptors (Lipinski definition) is 3. The van der Waals surface area contributed by atoms with E-state index in [1.54, 1.807) is 12.4 Å². The van der Waals surface area contributed by atoms with Gasteiger partial charge in [0.15, 0.2) is 5.58 Å². The third kappa shape index (κ3) is 0.556. The Hall–Kier alpha value is -1.58. The van der Waals surface area contributed by atoms with E-state index in [1.165, 1.54) is 6.20 Å². The van der Waals surface area contributed by atoms with Crippen LogP contribution in [0.1, 0.15) is 0 Å². The molecule has 0 fully saturated rings. The summed E-state index contributed by atoms with van der Waals surface area (Å²) in [6.07, 6.45) is 4.75. The fourth-order valence-electron chi connectivity index (χ4n) is 0.841. The van der Waals surface area contributed by atoms with Crippen molar-refractivity contribution in [2.45, 2.75) is 0 Å². The number of fused-ring (bicyclic) bond motifs is 1. The summed E-state index contributed by atoms with van der Waals surface area (Å²) in [6.45, 7) is 0. The maximum Gasteiger partial charge on any atom is 0.184 e. The van der Waals surface area contributed by atoms with E-state index in [4.69, 9.17) is 9.93 Å². The molecule has 0 aliphatic heterocycles. The van der Waals surface area contributed by atoms with Crippen LogP contribution in [0.2, 0.25) is 0 Å². The Kier molecular flexibility index (Phi) is 0.887. The van der Waals surface area contributed by atoms with E-state index in [9.17, 15) is 0 Å². The van der Waals surface area contributed by atoms with Gasteiger partial charge in [-0.3, -0.25) is 5.41 Å². The summed E-state index contributed by atoms with van der Waals surface area (Å²) in [5.41, 5.74) is 0.618. The molecule has 50 valence electrons. The molecule has 10 heavy (non-hydrogen) atoms. The van der Waals surface area contributed by atoms with Crippen molar-refractivity contribution >= 4 is 11.0 Å². The Morgan fingerprint density at radius 2 is 2.40 bits per heavy atom. The van der Waals surface area contributed by atoms with Gasteiger partial charge in [0.1, 0.15) is 0 Å². The van der Waals surface area contributed by atoms with Gasteiger partial charge >= 0.3 is 0 Å². The molecule has 0 saturated heterocycles. The van der Waals surface area contributed by atoms with Crippen LogP contribution in [-0.2, 0) is 0 Å². The minimum Gasteiger partial charge on any atom is -0.364 e. The molecule has 2 aromatic rings. The zero-order valence-corrected chi connectivity index (χ0v) is 5.09. The fraction of sp³-hybridized carbons (Fsp3) is 0. The molecule has 0 radical (unpaired) electrons. The minimum atomic E-state index is 0.377. The second-order valence-corrected chi connectivity index (χ2v) is 1.97. The molecule has 0 spiro atoms. The number of H-pyrrole nitrogens is 1. The van der Waals surface area contributed by atoms with Crippen LogP contribution in [0.25, 0.3) is 11.0 Å². The number of aromatic amines is 1. The molecular weight excluding hydrogens is 130 g/mol. The van der Waals surface area contributed by atoms with Crippen LogP contribution >= 0.6 is 0 Å². The molecule has 0 aromatic carbocycles. The van der Waals surface area contributed by atoms with Gasteiger partial charge in [-0.25, -0.2) is 0 Å². The highest BCUT2D eigenvalue weighted by atomic mass is 16.5. The quantitative estimate of drug-likeness (QED) is 0.556. The van der Waals surface area contributed by atoms with Gasteiger partial charge in [0.25, 0.3) is 0 Å². The highest BCUT2D eigenvalue weighted by Gasteiger charge is 1.95. The first kappa shape index (κ1) is 5.22. The first-order valence-corrected chi connectivity index (χ1v) is 2.84. The van der Waals surface area contributed by atoms with Gasteiger partial charge in [-0.05, 0) is 0 Å². The van der Waals surface area contributed by atoms with Crippen molar-refractivity contribution in [2.75, 3.05) is 0 Å². The lowest BCUT2D eigenvalue weighted by atomic mass is 10.4. The third-order valence-electron chi connectivity index (χ3n) is 1.33. The number of rotatable bonds is 0. The van der Waals surface area contributed by atoms with E-state index in [1.807, 2.05) is 0 Å². The molecule has 0 atom stereocenters. The predicted octanol–water partition coefficient (Wildman–Crippen LogP) is 0.635. The van der Waals surface area contributed by atoms with Crippen molar-refractivity contribution in [1.29, 1.82) is 5.41 Å².